The number of esters is 1. The van der Waals surface area contributed by atoms with E-state index in [1.54, 1.807) is 0 Å². The number of aliphatic carboxylic acids is 1. The van der Waals surface area contributed by atoms with Crippen LogP contribution in [0.5, 0.6) is 0 Å². The summed E-state index contributed by atoms with van der Waals surface area (Å²) in [6, 6.07) is -1.56. The average Bonchev–Trinajstić information content (AvgIpc) is 3.21. The number of carbonyl (C=O) groups excluding carboxylic acids is 2. The molecule has 0 aliphatic heterocycles. The summed E-state index contributed by atoms with van der Waals surface area (Å²) in [4.78, 5) is 46.0. The highest BCUT2D eigenvalue weighted by Gasteiger charge is 2.28. The molecule has 0 rings (SSSR count). The van der Waals surface area contributed by atoms with E-state index in [4.69, 9.17) is 13.8 Å². The van der Waals surface area contributed by atoms with Gasteiger partial charge in [-0.3, -0.25) is 18.6 Å². The second kappa shape index (κ2) is 42.1. The monoisotopic (exact) mass is 854 g/mol. The molecule has 3 atom stereocenters. The van der Waals surface area contributed by atoms with Crippen LogP contribution in [0.2, 0.25) is 0 Å². The Hall–Kier alpha value is -2.56. The maximum atomic E-state index is 12.3. The van der Waals surface area contributed by atoms with Crippen molar-refractivity contribution in [2.24, 2.45) is 0 Å². The molecule has 0 aliphatic carbocycles. The first-order valence-corrected chi connectivity index (χ1v) is 24.7. The number of allylic oxidation sites excluding steroid dienone is 8. The van der Waals surface area contributed by atoms with Gasteiger partial charge in [0.25, 0.3) is 0 Å². The number of hydrogen-bond acceptors (Lipinski definition) is 8. The van der Waals surface area contributed by atoms with E-state index in [1.807, 2.05) is 0 Å². The van der Waals surface area contributed by atoms with Crippen LogP contribution in [0.25, 0.3) is 0 Å². The molecule has 342 valence electrons. The Bertz CT molecular complexity index is 1190. The van der Waals surface area contributed by atoms with Crippen LogP contribution in [0, 0.1) is 0 Å². The predicted octanol–water partition coefficient (Wildman–Crippen LogP) is 12.2. The number of carbonyl (C=O) groups is 3. The third-order valence-corrected chi connectivity index (χ3v) is 10.8. The molecule has 1 amide bonds. The number of rotatable bonds is 43. The number of phosphoric acid groups is 1. The molecule has 0 fully saturated rings. The zero-order chi connectivity index (χ0) is 43.5. The summed E-state index contributed by atoms with van der Waals surface area (Å²) in [5.41, 5.74) is 0. The van der Waals surface area contributed by atoms with E-state index in [0.29, 0.717) is 12.8 Å². The van der Waals surface area contributed by atoms with Crippen LogP contribution in [0.3, 0.4) is 0 Å². The molecule has 59 heavy (non-hydrogen) atoms. The average molecular weight is 854 g/mol. The Morgan fingerprint density at radius 2 is 0.932 bits per heavy atom. The number of amides is 1. The summed E-state index contributed by atoms with van der Waals surface area (Å²) in [7, 11) is -4.76. The highest BCUT2D eigenvalue weighted by Crippen LogP contribution is 2.43. The molecule has 11 nitrogen and oxygen atoms in total. The van der Waals surface area contributed by atoms with Crippen molar-refractivity contribution in [2.45, 2.75) is 212 Å². The number of nitrogens with one attached hydrogen (secondary N) is 1. The van der Waals surface area contributed by atoms with Crippen molar-refractivity contribution in [2.75, 3.05) is 19.8 Å². The van der Waals surface area contributed by atoms with Crippen LogP contribution >= 0.6 is 7.82 Å². The molecule has 0 aromatic rings. The van der Waals surface area contributed by atoms with Crippen molar-refractivity contribution in [3.05, 3.63) is 48.6 Å². The number of carboxylic acid groups (broad SMARTS) is 1. The van der Waals surface area contributed by atoms with E-state index in [1.165, 1.54) is 83.5 Å². The fourth-order valence-corrected chi connectivity index (χ4v) is 6.97. The maximum absolute atomic E-state index is 12.3. The van der Waals surface area contributed by atoms with E-state index in [-0.39, 0.29) is 12.8 Å². The van der Waals surface area contributed by atoms with Gasteiger partial charge in [-0.1, -0.05) is 159 Å². The number of phosphoric ester groups is 1. The largest absolute Gasteiger partial charge is 0.480 e. The molecule has 0 radical (unpaired) electrons. The molecule has 0 bridgehead atoms. The molecule has 0 saturated heterocycles. The van der Waals surface area contributed by atoms with Gasteiger partial charge >= 0.3 is 19.8 Å². The molecule has 0 aromatic heterocycles. The summed E-state index contributed by atoms with van der Waals surface area (Å²) in [6.07, 6.45) is 47.0. The van der Waals surface area contributed by atoms with Gasteiger partial charge in [-0.15, -0.1) is 0 Å². The van der Waals surface area contributed by atoms with Crippen molar-refractivity contribution in [3.63, 3.8) is 0 Å². The van der Waals surface area contributed by atoms with Crippen molar-refractivity contribution in [1.82, 2.24) is 5.32 Å². The van der Waals surface area contributed by atoms with E-state index in [9.17, 15) is 34.1 Å². The summed E-state index contributed by atoms with van der Waals surface area (Å²) in [5, 5.41) is 21.8. The molecule has 4 N–H and O–H groups in total. The fraction of sp³-hybridized carbons (Fsp3) is 0.766. The molecule has 3 unspecified atom stereocenters. The first-order chi connectivity index (χ1) is 28.6. The SMILES string of the molecule is CCCCC/C=C\C/C=C\CCCCCCCCCCCC(=O)OCC(O)COP(=O)(O)OCC(NC(=O)CCCCCCC/C=C\C/C=C\CCCCCC)C(=O)O. The number of hydrogen-bond donors (Lipinski definition) is 4. The summed E-state index contributed by atoms with van der Waals surface area (Å²) in [5.74, 6) is -2.40. The zero-order valence-corrected chi connectivity index (χ0v) is 37.9. The van der Waals surface area contributed by atoms with Crippen molar-refractivity contribution in [1.29, 1.82) is 0 Å². The van der Waals surface area contributed by atoms with E-state index in [0.717, 1.165) is 77.0 Å². The zero-order valence-electron chi connectivity index (χ0n) is 37.0. The third-order valence-electron chi connectivity index (χ3n) is 9.84. The second-order valence-electron chi connectivity index (χ2n) is 15.6. The van der Waals surface area contributed by atoms with Gasteiger partial charge < -0.3 is 25.2 Å². The molecule has 0 aliphatic rings. The Balaban J connectivity index is 3.90. The second-order valence-corrected chi connectivity index (χ2v) is 17.0. The van der Waals surface area contributed by atoms with Crippen molar-refractivity contribution in [3.8, 4) is 0 Å². The van der Waals surface area contributed by atoms with Crippen molar-refractivity contribution < 1.29 is 47.8 Å². The molecular formula is C47H84NO10P. The van der Waals surface area contributed by atoms with Gasteiger partial charge in [0, 0.05) is 12.8 Å². The standard InChI is InChI=1S/C47H84NO10P/c1-3-5-7-9-11-13-15-17-19-21-22-23-25-27-29-31-33-35-37-39-46(51)56-40-43(49)41-57-59(54,55)58-42-44(47(52)53)48-45(50)38-36-34-32-30-28-26-24-20-18-16-14-12-10-8-6-4-2/h11,13-14,16-17,19-20,24,43-44,49H,3-10,12,15,18,21-23,25-42H2,1-2H3,(H,48,50)(H,52,53)(H,54,55)/b13-11-,16-14-,19-17-,24-20-. The quantitative estimate of drug-likeness (QED) is 0.0200. The molecule has 0 spiro atoms. The van der Waals surface area contributed by atoms with Gasteiger partial charge in [-0.05, 0) is 77.0 Å². The Labute approximate surface area is 358 Å². The molecule has 0 saturated carbocycles. The lowest BCUT2D eigenvalue weighted by Crippen LogP contribution is -2.43. The van der Waals surface area contributed by atoms with E-state index >= 15 is 0 Å². The first kappa shape index (κ1) is 56.4. The highest BCUT2D eigenvalue weighted by molar-refractivity contribution is 7.47. The Kier molecular flexibility index (Phi) is 40.3. The third kappa shape index (κ3) is 41.9. The summed E-state index contributed by atoms with van der Waals surface area (Å²) < 4.78 is 26.9. The molecule has 12 heteroatoms. The summed E-state index contributed by atoms with van der Waals surface area (Å²) in [6.45, 7) is 2.54. The van der Waals surface area contributed by atoms with E-state index in [2.05, 4.69) is 67.8 Å². The molecule has 0 heterocycles. The van der Waals surface area contributed by atoms with Crippen LogP contribution in [-0.2, 0) is 32.7 Å². The topological polar surface area (TPSA) is 169 Å². The minimum atomic E-state index is -4.76. The lowest BCUT2D eigenvalue weighted by atomic mass is 10.1. The minimum absolute atomic E-state index is 0.128. The van der Waals surface area contributed by atoms with Gasteiger partial charge in [0.1, 0.15) is 12.7 Å². The van der Waals surface area contributed by atoms with E-state index < -0.39 is 57.6 Å². The van der Waals surface area contributed by atoms with Gasteiger partial charge in [0.05, 0.1) is 13.2 Å². The van der Waals surface area contributed by atoms with Crippen LogP contribution < -0.4 is 5.32 Å². The fourth-order valence-electron chi connectivity index (χ4n) is 6.20. The molecule has 0 aromatic carbocycles. The van der Waals surface area contributed by atoms with Gasteiger partial charge in [-0.2, -0.15) is 0 Å². The van der Waals surface area contributed by atoms with Crippen LogP contribution in [0.15, 0.2) is 48.6 Å². The normalized spacial score (nSPS) is 14.1. The van der Waals surface area contributed by atoms with Gasteiger partial charge in [0.15, 0.2) is 6.04 Å². The molecular weight excluding hydrogens is 769 g/mol. The number of aliphatic hydroxyl groups excluding tert-OH is 1. The van der Waals surface area contributed by atoms with Crippen LogP contribution in [-0.4, -0.2) is 64.9 Å². The number of unbranched alkanes of at least 4 members (excludes halogenated alkanes) is 21. The lowest BCUT2D eigenvalue weighted by molar-refractivity contribution is -0.147. The van der Waals surface area contributed by atoms with Crippen molar-refractivity contribution >= 4 is 25.7 Å². The highest BCUT2D eigenvalue weighted by atomic mass is 31.2. The summed E-state index contributed by atoms with van der Waals surface area (Å²) >= 11 is 0. The van der Waals surface area contributed by atoms with Crippen LogP contribution in [0.1, 0.15) is 200 Å². The smallest absolute Gasteiger partial charge is 0.472 e. The van der Waals surface area contributed by atoms with Gasteiger partial charge in [0.2, 0.25) is 5.91 Å². The maximum Gasteiger partial charge on any atom is 0.472 e. The van der Waals surface area contributed by atoms with Gasteiger partial charge in [-0.25, -0.2) is 9.36 Å². The predicted molar refractivity (Wildman–Crippen MR) is 240 cm³/mol. The number of ether oxygens (including phenoxy) is 1. The van der Waals surface area contributed by atoms with Crippen LogP contribution in [0.4, 0.5) is 0 Å². The Morgan fingerprint density at radius 3 is 1.41 bits per heavy atom. The number of aliphatic hydroxyl groups is 1. The minimum Gasteiger partial charge on any atom is -0.480 e. The number of carboxylic acids is 1. The first-order valence-electron chi connectivity index (χ1n) is 23.2. The lowest BCUT2D eigenvalue weighted by Gasteiger charge is -2.18. The Morgan fingerprint density at radius 1 is 0.542 bits per heavy atom.